The third-order valence-electron chi connectivity index (χ3n) is 5.37. The van der Waals surface area contributed by atoms with E-state index >= 15 is 0 Å². The number of para-hydroxylation sites is 1. The van der Waals surface area contributed by atoms with Crippen molar-refractivity contribution in [3.63, 3.8) is 0 Å². The highest BCUT2D eigenvalue weighted by molar-refractivity contribution is 7.92. The summed E-state index contributed by atoms with van der Waals surface area (Å²) in [6, 6.07) is 17.3. The number of carbonyl (C=O) groups is 1. The van der Waals surface area contributed by atoms with Crippen LogP contribution >= 0.6 is 0 Å². The van der Waals surface area contributed by atoms with Gasteiger partial charge in [-0.25, -0.2) is 13.2 Å². The molecule has 2 amide bonds. The van der Waals surface area contributed by atoms with E-state index in [4.69, 9.17) is 0 Å². The van der Waals surface area contributed by atoms with E-state index in [2.05, 4.69) is 22.2 Å². The van der Waals surface area contributed by atoms with Gasteiger partial charge in [0.15, 0.2) is 5.37 Å². The molecule has 4 rings (SSSR count). The van der Waals surface area contributed by atoms with E-state index in [1.165, 1.54) is 18.2 Å². The number of benzene rings is 2. The molecule has 2 heterocycles. The van der Waals surface area contributed by atoms with E-state index in [9.17, 15) is 13.2 Å². The molecule has 7 nitrogen and oxygen atoms in total. The van der Waals surface area contributed by atoms with Crippen LogP contribution in [0.4, 0.5) is 16.2 Å². The van der Waals surface area contributed by atoms with Crippen LogP contribution in [0.3, 0.4) is 0 Å². The normalized spacial score (nSPS) is 13.8. The lowest BCUT2D eigenvalue weighted by Gasteiger charge is -2.27. The molecule has 2 aromatic carbocycles. The van der Waals surface area contributed by atoms with Gasteiger partial charge in [-0.2, -0.15) is 0 Å². The number of fused-ring (bicyclic) bond motifs is 1. The number of anilines is 2. The van der Waals surface area contributed by atoms with Gasteiger partial charge in [0.25, 0.3) is 0 Å². The summed E-state index contributed by atoms with van der Waals surface area (Å²) < 4.78 is 26.7. The minimum Gasteiger partial charge on any atom is -0.351 e. The number of pyridine rings is 1. The molecule has 8 heteroatoms. The van der Waals surface area contributed by atoms with Crippen molar-refractivity contribution in [3.05, 3.63) is 96.8 Å². The summed E-state index contributed by atoms with van der Waals surface area (Å²) in [7, 11) is -3.70. The van der Waals surface area contributed by atoms with Crippen LogP contribution in [0.1, 0.15) is 11.1 Å². The summed E-state index contributed by atoms with van der Waals surface area (Å²) in [5, 5.41) is 4.58. The van der Waals surface area contributed by atoms with Crippen molar-refractivity contribution in [1.29, 1.82) is 0 Å². The van der Waals surface area contributed by atoms with Gasteiger partial charge in [0.05, 0.1) is 4.90 Å². The van der Waals surface area contributed by atoms with Gasteiger partial charge >= 0.3 is 6.03 Å². The predicted octanol–water partition coefficient (Wildman–Crippen LogP) is 3.75. The summed E-state index contributed by atoms with van der Waals surface area (Å²) >= 11 is 0. The van der Waals surface area contributed by atoms with Crippen LogP contribution in [-0.2, 0) is 22.8 Å². The molecule has 0 saturated carbocycles. The first kappa shape index (κ1) is 21.6. The van der Waals surface area contributed by atoms with Crippen LogP contribution in [-0.4, -0.2) is 31.4 Å². The Morgan fingerprint density at radius 1 is 1.12 bits per heavy atom. The zero-order valence-corrected chi connectivity index (χ0v) is 18.3. The van der Waals surface area contributed by atoms with Gasteiger partial charge in [0, 0.05) is 36.9 Å². The molecule has 0 spiro atoms. The minimum atomic E-state index is -3.70. The average molecular weight is 449 g/mol. The van der Waals surface area contributed by atoms with Crippen molar-refractivity contribution in [1.82, 2.24) is 10.3 Å². The molecule has 1 atom stereocenters. The lowest BCUT2D eigenvalue weighted by Crippen LogP contribution is -2.38. The van der Waals surface area contributed by atoms with Gasteiger partial charge in [-0.3, -0.25) is 4.98 Å². The molecule has 0 saturated heterocycles. The number of hydrogen-bond donors (Lipinski definition) is 2. The molecule has 1 aromatic heterocycles. The molecule has 0 fully saturated rings. The number of carbonyl (C=O) groups excluding carboxylic acids is 1. The van der Waals surface area contributed by atoms with Crippen LogP contribution in [0, 0.1) is 0 Å². The van der Waals surface area contributed by atoms with E-state index in [-0.39, 0.29) is 10.9 Å². The first-order valence-electron chi connectivity index (χ1n) is 10.2. The van der Waals surface area contributed by atoms with E-state index in [1.807, 2.05) is 35.2 Å². The quantitative estimate of drug-likeness (QED) is 0.537. The molecule has 0 radical (unpaired) electrons. The number of aromatic nitrogens is 1. The maximum atomic E-state index is 13.3. The summed E-state index contributed by atoms with van der Waals surface area (Å²) in [5.41, 5.74) is 3.42. The first-order chi connectivity index (χ1) is 15.5. The summed E-state index contributed by atoms with van der Waals surface area (Å²) in [6.07, 6.45) is 5.61. The number of amides is 2. The number of rotatable bonds is 7. The number of hydrogen-bond acceptors (Lipinski definition) is 5. The van der Waals surface area contributed by atoms with E-state index in [0.29, 0.717) is 18.8 Å². The number of urea groups is 1. The maximum Gasteiger partial charge on any atom is 0.319 e. The first-order valence-corrected chi connectivity index (χ1v) is 11.8. The van der Waals surface area contributed by atoms with Gasteiger partial charge in [0.2, 0.25) is 9.84 Å². The smallest absolute Gasteiger partial charge is 0.319 e. The second kappa shape index (κ2) is 9.23. The van der Waals surface area contributed by atoms with Crippen LogP contribution in [0.15, 0.2) is 90.6 Å². The molecular weight excluding hydrogens is 424 g/mol. The van der Waals surface area contributed by atoms with E-state index in [1.54, 1.807) is 30.6 Å². The Morgan fingerprint density at radius 2 is 1.91 bits per heavy atom. The van der Waals surface area contributed by atoms with Crippen molar-refractivity contribution in [2.24, 2.45) is 0 Å². The van der Waals surface area contributed by atoms with Gasteiger partial charge in [-0.05, 0) is 53.9 Å². The molecule has 32 heavy (non-hydrogen) atoms. The Balaban J connectivity index is 1.44. The van der Waals surface area contributed by atoms with Crippen molar-refractivity contribution in [2.75, 3.05) is 16.8 Å². The van der Waals surface area contributed by atoms with Gasteiger partial charge in [-0.15, -0.1) is 0 Å². The van der Waals surface area contributed by atoms with Crippen LogP contribution in [0.5, 0.6) is 0 Å². The standard InChI is InChI=1S/C24H24N4O3S/c1-2-23(28-15-13-19-7-3-4-8-22(19)28)32(30,31)21-11-9-20(10-12-21)27-24(29)26-17-18-6-5-14-25-16-18/h2-12,14,16,23H,1,13,15,17H2,(H2,26,27,29). The van der Waals surface area contributed by atoms with Gasteiger partial charge < -0.3 is 15.5 Å². The summed E-state index contributed by atoms with van der Waals surface area (Å²) in [4.78, 5) is 18.2. The van der Waals surface area contributed by atoms with Gasteiger partial charge in [-0.1, -0.05) is 36.9 Å². The third kappa shape index (κ3) is 4.50. The molecule has 1 aliphatic rings. The zero-order valence-electron chi connectivity index (χ0n) is 17.4. The predicted molar refractivity (Wildman–Crippen MR) is 125 cm³/mol. The fourth-order valence-electron chi connectivity index (χ4n) is 3.78. The number of nitrogens with zero attached hydrogens (tertiary/aromatic N) is 2. The Hall–Kier alpha value is -3.65. The minimum absolute atomic E-state index is 0.174. The fraction of sp³-hybridized carbons (Fsp3) is 0.167. The SMILES string of the molecule is C=CC(N1CCc2ccccc21)S(=O)(=O)c1ccc(NC(=O)NCc2cccnc2)cc1. The highest BCUT2D eigenvalue weighted by atomic mass is 32.2. The topological polar surface area (TPSA) is 91.4 Å². The molecule has 1 unspecified atom stereocenters. The second-order valence-corrected chi connectivity index (χ2v) is 9.48. The molecule has 0 aliphatic carbocycles. The van der Waals surface area contributed by atoms with Crippen molar-refractivity contribution in [3.8, 4) is 0 Å². The number of nitrogens with one attached hydrogen (secondary N) is 2. The monoisotopic (exact) mass is 448 g/mol. The Bertz CT molecular complexity index is 1210. The number of sulfone groups is 1. The summed E-state index contributed by atoms with van der Waals surface area (Å²) in [5.74, 6) is 0. The summed E-state index contributed by atoms with van der Waals surface area (Å²) in [6.45, 7) is 4.74. The lowest BCUT2D eigenvalue weighted by atomic mass is 10.2. The molecule has 1 aliphatic heterocycles. The molecule has 0 bridgehead atoms. The maximum absolute atomic E-state index is 13.3. The zero-order chi connectivity index (χ0) is 22.6. The molecule has 164 valence electrons. The fourth-order valence-corrected chi connectivity index (χ4v) is 5.38. The molecular formula is C24H24N4O3S. The van der Waals surface area contributed by atoms with Crippen LogP contribution in [0.2, 0.25) is 0 Å². The Kier molecular flexibility index (Phi) is 6.23. The van der Waals surface area contributed by atoms with Crippen molar-refractivity contribution in [2.45, 2.75) is 23.2 Å². The largest absolute Gasteiger partial charge is 0.351 e. The highest BCUT2D eigenvalue weighted by Crippen LogP contribution is 2.33. The lowest BCUT2D eigenvalue weighted by molar-refractivity contribution is 0.251. The van der Waals surface area contributed by atoms with E-state index < -0.39 is 15.2 Å². The van der Waals surface area contributed by atoms with Crippen molar-refractivity contribution < 1.29 is 13.2 Å². The van der Waals surface area contributed by atoms with Gasteiger partial charge in [0.1, 0.15) is 0 Å². The average Bonchev–Trinajstić information content (AvgIpc) is 3.23. The molecule has 2 N–H and O–H groups in total. The van der Waals surface area contributed by atoms with Crippen LogP contribution < -0.4 is 15.5 Å². The van der Waals surface area contributed by atoms with Crippen LogP contribution in [0.25, 0.3) is 0 Å². The Morgan fingerprint density at radius 3 is 2.62 bits per heavy atom. The third-order valence-corrected chi connectivity index (χ3v) is 7.38. The van der Waals surface area contributed by atoms with Crippen molar-refractivity contribution >= 4 is 27.2 Å². The second-order valence-electron chi connectivity index (χ2n) is 7.44. The molecule has 3 aromatic rings. The highest BCUT2D eigenvalue weighted by Gasteiger charge is 2.34. The van der Waals surface area contributed by atoms with E-state index in [0.717, 1.165) is 23.2 Å². The Labute approximate surface area is 187 Å².